The van der Waals surface area contributed by atoms with Crippen molar-refractivity contribution in [1.29, 1.82) is 0 Å². The zero-order valence-electron chi connectivity index (χ0n) is 34.0. The molecule has 3 fully saturated rings. The van der Waals surface area contributed by atoms with Crippen LogP contribution < -0.4 is 9.64 Å². The van der Waals surface area contributed by atoms with E-state index in [0.29, 0.717) is 44.4 Å². The Bertz CT molecular complexity index is 2130. The summed E-state index contributed by atoms with van der Waals surface area (Å²) >= 11 is 0. The summed E-state index contributed by atoms with van der Waals surface area (Å²) in [5, 5.41) is 26.1. The Morgan fingerprint density at radius 2 is 1.80 bits per heavy atom. The maximum Gasteiger partial charge on any atom is 0.322 e. The fourth-order valence-electron chi connectivity index (χ4n) is 13.5. The fraction of sp³-hybridized carbons (Fsp3) is 0.600. The molecule has 3 aromatic rings. The summed E-state index contributed by atoms with van der Waals surface area (Å²) in [7, 11) is 5.17. The first-order valence-electron chi connectivity index (χ1n) is 20.6. The van der Waals surface area contributed by atoms with Gasteiger partial charge in [-0.05, 0) is 81.2 Å². The van der Waals surface area contributed by atoms with E-state index in [4.69, 9.17) is 14.2 Å². The number of carbonyl (C=O) groups is 2. The first-order valence-corrected chi connectivity index (χ1v) is 20.6. The lowest BCUT2D eigenvalue weighted by molar-refractivity contribution is -0.213. The molecule has 9 rings (SSSR count). The summed E-state index contributed by atoms with van der Waals surface area (Å²) in [5.74, 6) is -0.249. The molecule has 1 spiro atoms. The van der Waals surface area contributed by atoms with Crippen LogP contribution in [0.15, 0.2) is 48.6 Å². The fourth-order valence-corrected chi connectivity index (χ4v) is 13.5. The molecule has 56 heavy (non-hydrogen) atoms. The number of aromatic nitrogens is 1. The Morgan fingerprint density at radius 3 is 2.52 bits per heavy atom. The van der Waals surface area contributed by atoms with Crippen LogP contribution in [0.5, 0.6) is 5.75 Å². The summed E-state index contributed by atoms with van der Waals surface area (Å²) in [4.78, 5) is 39.0. The van der Waals surface area contributed by atoms with Gasteiger partial charge in [-0.1, -0.05) is 44.2 Å². The molecule has 0 radical (unpaired) electrons. The molecule has 2 saturated heterocycles. The number of rotatable bonds is 6. The second-order valence-corrected chi connectivity index (χ2v) is 18.1. The van der Waals surface area contributed by atoms with Crippen LogP contribution in [-0.4, -0.2) is 120 Å². The molecule has 6 heterocycles. The average molecular weight is 767 g/mol. The van der Waals surface area contributed by atoms with Gasteiger partial charge in [-0.15, -0.1) is 0 Å². The van der Waals surface area contributed by atoms with Gasteiger partial charge < -0.3 is 34.3 Å². The van der Waals surface area contributed by atoms with Gasteiger partial charge in [-0.2, -0.15) is 0 Å². The minimum Gasteiger partial charge on any atom is -0.496 e. The largest absolute Gasteiger partial charge is 0.496 e. The van der Waals surface area contributed by atoms with Crippen molar-refractivity contribution in [1.82, 2.24) is 14.8 Å². The Hall–Kier alpha value is -3.90. The highest BCUT2D eigenvalue weighted by Gasteiger charge is 2.77. The quantitative estimate of drug-likeness (QED) is 0.237. The van der Waals surface area contributed by atoms with Gasteiger partial charge in [0.1, 0.15) is 22.9 Å². The van der Waals surface area contributed by atoms with Crippen LogP contribution in [0, 0.1) is 11.3 Å². The Balaban J connectivity index is 1.34. The monoisotopic (exact) mass is 766 g/mol. The number of benzene rings is 2. The molecule has 300 valence electrons. The number of H-pyrrole nitrogens is 1. The third-order valence-electron chi connectivity index (χ3n) is 15.4. The third kappa shape index (κ3) is 4.83. The SMILES string of the molecule is CC[C@]1(O)C[C@@H]2CN(CCc3c([nH]c4ccccc34)[C@@](C(=O)OC)(c3cc4c(cc3OC)N(C)[C@H]3[C@](C)(O)[C@H](OC(C)=O)[C@]5(CC)C=CCN6CC[C@]43[C@@H]65)C2)C1. The zero-order valence-corrected chi connectivity index (χ0v) is 34.0. The molecule has 1 aromatic heterocycles. The highest BCUT2D eigenvalue weighted by Crippen LogP contribution is 2.68. The van der Waals surface area contributed by atoms with Gasteiger partial charge in [0.2, 0.25) is 0 Å². The van der Waals surface area contributed by atoms with E-state index >= 15 is 4.79 Å². The molecular formula is C45H58N4O7. The molecule has 2 aromatic carbocycles. The Kier molecular flexibility index (Phi) is 8.61. The summed E-state index contributed by atoms with van der Waals surface area (Å²) in [6.07, 6.45) is 7.34. The van der Waals surface area contributed by atoms with E-state index < -0.39 is 45.6 Å². The van der Waals surface area contributed by atoms with Crippen LogP contribution in [0.25, 0.3) is 10.9 Å². The lowest BCUT2D eigenvalue weighted by atomic mass is 9.48. The first-order chi connectivity index (χ1) is 26.7. The van der Waals surface area contributed by atoms with Crippen molar-refractivity contribution < 1.29 is 34.0 Å². The van der Waals surface area contributed by atoms with Crippen LogP contribution in [0.3, 0.4) is 0 Å². The van der Waals surface area contributed by atoms with Crippen molar-refractivity contribution in [3.8, 4) is 5.75 Å². The minimum absolute atomic E-state index is 0.0326. The van der Waals surface area contributed by atoms with E-state index in [1.165, 1.54) is 14.0 Å². The number of esters is 2. The average Bonchev–Trinajstić information content (AvgIpc) is 3.84. The number of likely N-dealkylation sites (N-methyl/N-ethyl adjacent to an activating group) is 1. The number of carbonyl (C=O) groups excluding carboxylic acids is 2. The van der Waals surface area contributed by atoms with Crippen LogP contribution in [-0.2, 0) is 36.3 Å². The number of nitrogens with zero attached hydrogens (tertiary/aromatic N) is 3. The number of para-hydroxylation sites is 1. The lowest BCUT2D eigenvalue weighted by Crippen LogP contribution is -2.78. The molecule has 1 unspecified atom stereocenters. The van der Waals surface area contributed by atoms with Gasteiger partial charge in [-0.3, -0.25) is 19.4 Å². The molecule has 6 aliphatic rings. The van der Waals surface area contributed by atoms with Crippen LogP contribution >= 0.6 is 0 Å². The molecular weight excluding hydrogens is 709 g/mol. The smallest absolute Gasteiger partial charge is 0.322 e. The van der Waals surface area contributed by atoms with Gasteiger partial charge >= 0.3 is 11.9 Å². The Labute approximate surface area is 329 Å². The summed E-state index contributed by atoms with van der Waals surface area (Å²) in [6, 6.07) is 12.0. The van der Waals surface area contributed by atoms with Gasteiger partial charge in [0.15, 0.2) is 0 Å². The predicted molar refractivity (Wildman–Crippen MR) is 214 cm³/mol. The maximum atomic E-state index is 15.3. The number of aliphatic hydroxyl groups is 2. The van der Waals surface area contributed by atoms with E-state index in [9.17, 15) is 15.0 Å². The topological polar surface area (TPSA) is 128 Å². The van der Waals surface area contributed by atoms with Crippen molar-refractivity contribution in [2.24, 2.45) is 11.3 Å². The van der Waals surface area contributed by atoms with E-state index in [2.05, 4.69) is 63.0 Å². The van der Waals surface area contributed by atoms with Gasteiger partial charge in [-0.25, -0.2) is 0 Å². The molecule has 11 heteroatoms. The molecule has 1 saturated carbocycles. The molecule has 10 atom stereocenters. The number of hydrogen-bond acceptors (Lipinski definition) is 10. The second-order valence-electron chi connectivity index (χ2n) is 18.1. The molecule has 3 N–H and O–H groups in total. The number of hydrogen-bond donors (Lipinski definition) is 3. The summed E-state index contributed by atoms with van der Waals surface area (Å²) < 4.78 is 18.6. The van der Waals surface area contributed by atoms with E-state index in [-0.39, 0.29) is 17.9 Å². The number of nitrogens with one attached hydrogen (secondary N) is 1. The molecule has 0 amide bonds. The van der Waals surface area contributed by atoms with Crippen molar-refractivity contribution >= 4 is 28.5 Å². The number of fused-ring (bicyclic) bond motifs is 6. The van der Waals surface area contributed by atoms with Gasteiger partial charge in [0, 0.05) is 90.9 Å². The van der Waals surface area contributed by atoms with Gasteiger partial charge in [0.05, 0.1) is 25.9 Å². The highest BCUT2D eigenvalue weighted by atomic mass is 16.6. The highest BCUT2D eigenvalue weighted by molar-refractivity contribution is 5.94. The second kappa shape index (κ2) is 12.8. The van der Waals surface area contributed by atoms with E-state index in [0.717, 1.165) is 71.6 Å². The van der Waals surface area contributed by atoms with Crippen molar-refractivity contribution in [3.63, 3.8) is 0 Å². The number of piperidine rings is 1. The minimum atomic E-state index is -1.45. The number of ether oxygens (including phenoxy) is 3. The normalized spacial score (nSPS) is 38.4. The van der Waals surface area contributed by atoms with Gasteiger partial charge in [0.25, 0.3) is 0 Å². The number of aromatic amines is 1. The number of methoxy groups -OCH3 is 2. The third-order valence-corrected chi connectivity index (χ3v) is 15.4. The molecule has 1 aliphatic carbocycles. The lowest BCUT2D eigenvalue weighted by Gasteiger charge is -2.64. The van der Waals surface area contributed by atoms with Crippen LogP contribution in [0.1, 0.15) is 82.2 Å². The maximum absolute atomic E-state index is 15.3. The van der Waals surface area contributed by atoms with Crippen molar-refractivity contribution in [2.75, 3.05) is 58.9 Å². The zero-order chi connectivity index (χ0) is 39.6. The number of anilines is 1. The van der Waals surface area contributed by atoms with E-state index in [1.807, 2.05) is 33.0 Å². The van der Waals surface area contributed by atoms with E-state index in [1.54, 1.807) is 7.11 Å². The van der Waals surface area contributed by atoms with Crippen LogP contribution in [0.2, 0.25) is 0 Å². The standard InChI is InChI=1S/C45H58N4O7/c1-8-42(53)23-28-24-45(40(51)55-7,36-30(15-19-48(25-28)26-42)29-13-10-11-14-33(29)46-36)32-21-31-34(22-35(32)54-6)47(5)37-41(4,52)39(56-27(3)50)43(9-2)16-12-18-49-20-17-44(31,37)38(43)49/h10-14,16,21-22,28,37-39,46,52-53H,8-9,15,17-20,23-26H2,1-7H3/t28-,37-,38-,39-,41-,42-,43+,44-,45-/m0/s1. The summed E-state index contributed by atoms with van der Waals surface area (Å²) in [6.45, 7) is 11.2. The first kappa shape index (κ1) is 37.7. The Morgan fingerprint density at radius 1 is 1.02 bits per heavy atom. The molecule has 5 aliphatic heterocycles. The predicted octanol–water partition coefficient (Wildman–Crippen LogP) is 4.84. The summed E-state index contributed by atoms with van der Waals surface area (Å²) in [5.41, 5.74) is 0.690. The van der Waals surface area contributed by atoms with Crippen molar-refractivity contribution in [2.45, 2.75) is 106 Å². The van der Waals surface area contributed by atoms with Crippen LogP contribution in [0.4, 0.5) is 5.69 Å². The van der Waals surface area contributed by atoms with Crippen molar-refractivity contribution in [3.05, 3.63) is 70.9 Å². The molecule has 2 bridgehead atoms. The molecule has 11 nitrogen and oxygen atoms in total.